The van der Waals surface area contributed by atoms with Crippen molar-refractivity contribution in [1.82, 2.24) is 28.4 Å². The largest absolute Gasteiger partial charge is 0.368 e. The van der Waals surface area contributed by atoms with E-state index in [1.54, 1.807) is 12.1 Å². The number of benzene rings is 1. The van der Waals surface area contributed by atoms with Crippen molar-refractivity contribution < 1.29 is 8.42 Å². The molecule has 0 spiro atoms. The monoisotopic (exact) mass is 352 g/mol. The van der Waals surface area contributed by atoms with Gasteiger partial charge in [0.25, 0.3) is 10.2 Å². The molecular formula is C14H20N6O3S. The smallest absolute Gasteiger partial charge is 0.244 e. The normalized spacial score (nSPS) is 19.7. The van der Waals surface area contributed by atoms with Crippen LogP contribution in [0.4, 0.5) is 0 Å². The van der Waals surface area contributed by atoms with E-state index in [0.29, 0.717) is 25.1 Å². The molecule has 1 aliphatic heterocycles. The Morgan fingerprint density at radius 2 is 1.88 bits per heavy atom. The molecule has 2 heterocycles. The SMILES string of the molecule is CN(C)S(=O)(=O)N1CCC[C@@H](n2nnn(-c3ccccc3)c2=O)C1. The molecule has 0 radical (unpaired) electrons. The summed E-state index contributed by atoms with van der Waals surface area (Å²) in [7, 11) is -0.509. The number of hydrogen-bond donors (Lipinski definition) is 0. The van der Waals surface area contributed by atoms with Crippen LogP contribution in [0.5, 0.6) is 0 Å². The lowest BCUT2D eigenvalue weighted by molar-refractivity contribution is 0.238. The molecule has 1 aromatic heterocycles. The molecule has 0 aliphatic carbocycles. The molecule has 2 aromatic rings. The molecular weight excluding hydrogens is 332 g/mol. The van der Waals surface area contributed by atoms with Gasteiger partial charge in [-0.2, -0.15) is 26.4 Å². The Kier molecular flexibility index (Phi) is 4.52. The highest BCUT2D eigenvalue weighted by Gasteiger charge is 2.32. The molecule has 1 aliphatic rings. The second kappa shape index (κ2) is 6.46. The summed E-state index contributed by atoms with van der Waals surface area (Å²) >= 11 is 0. The predicted molar refractivity (Wildman–Crippen MR) is 88.1 cm³/mol. The van der Waals surface area contributed by atoms with Crippen LogP contribution in [-0.2, 0) is 10.2 Å². The van der Waals surface area contributed by atoms with E-state index in [1.807, 2.05) is 18.2 Å². The van der Waals surface area contributed by atoms with Crippen molar-refractivity contribution >= 4 is 10.2 Å². The summed E-state index contributed by atoms with van der Waals surface area (Å²) in [5.74, 6) is 0. The van der Waals surface area contributed by atoms with Crippen LogP contribution in [0.1, 0.15) is 18.9 Å². The van der Waals surface area contributed by atoms with Crippen molar-refractivity contribution in [2.75, 3.05) is 27.2 Å². The zero-order valence-corrected chi connectivity index (χ0v) is 14.4. The summed E-state index contributed by atoms with van der Waals surface area (Å²) in [4.78, 5) is 12.6. The van der Waals surface area contributed by atoms with Gasteiger partial charge in [-0.05, 0) is 35.4 Å². The maximum Gasteiger partial charge on any atom is 0.368 e. The van der Waals surface area contributed by atoms with Gasteiger partial charge in [0.05, 0.1) is 11.7 Å². The van der Waals surface area contributed by atoms with Gasteiger partial charge in [-0.15, -0.1) is 0 Å². The Balaban J connectivity index is 1.88. The first-order valence-electron chi connectivity index (χ1n) is 7.69. The Morgan fingerprint density at radius 3 is 2.54 bits per heavy atom. The summed E-state index contributed by atoms with van der Waals surface area (Å²) in [6.45, 7) is 0.659. The molecule has 24 heavy (non-hydrogen) atoms. The highest BCUT2D eigenvalue weighted by molar-refractivity contribution is 7.86. The second-order valence-corrected chi connectivity index (χ2v) is 8.04. The van der Waals surface area contributed by atoms with E-state index < -0.39 is 10.2 Å². The van der Waals surface area contributed by atoms with Crippen LogP contribution in [0.2, 0.25) is 0 Å². The third-order valence-electron chi connectivity index (χ3n) is 4.10. The minimum absolute atomic E-state index is 0.216. The van der Waals surface area contributed by atoms with E-state index in [2.05, 4.69) is 10.4 Å². The molecule has 0 N–H and O–H groups in total. The highest BCUT2D eigenvalue weighted by Crippen LogP contribution is 2.22. The topological polar surface area (TPSA) is 93.3 Å². The molecule has 0 unspecified atom stereocenters. The van der Waals surface area contributed by atoms with Gasteiger partial charge in [0.1, 0.15) is 0 Å². The molecule has 1 aromatic carbocycles. The Bertz CT molecular complexity index is 858. The van der Waals surface area contributed by atoms with Gasteiger partial charge in [-0.1, -0.05) is 18.2 Å². The average Bonchev–Trinajstić information content (AvgIpc) is 2.97. The lowest BCUT2D eigenvalue weighted by Gasteiger charge is -2.32. The first-order chi connectivity index (χ1) is 11.4. The second-order valence-electron chi connectivity index (χ2n) is 5.90. The summed E-state index contributed by atoms with van der Waals surface area (Å²) in [5, 5.41) is 7.88. The van der Waals surface area contributed by atoms with Gasteiger partial charge in [0, 0.05) is 27.2 Å². The van der Waals surface area contributed by atoms with Crippen molar-refractivity contribution in [3.8, 4) is 5.69 Å². The number of aromatic nitrogens is 4. The summed E-state index contributed by atoms with van der Waals surface area (Å²) in [6, 6.07) is 8.69. The molecule has 0 amide bonds. The standard InChI is InChI=1S/C14H20N6O3S/c1-17(2)24(22,23)18-10-6-9-13(11-18)20-14(21)19(15-16-20)12-7-4-3-5-8-12/h3-5,7-8,13H,6,9-11H2,1-2H3/t13-/m1/s1. The van der Waals surface area contributed by atoms with E-state index in [9.17, 15) is 13.2 Å². The average molecular weight is 352 g/mol. The zero-order valence-electron chi connectivity index (χ0n) is 13.6. The number of hydrogen-bond acceptors (Lipinski definition) is 5. The van der Waals surface area contributed by atoms with Gasteiger partial charge in [0.2, 0.25) is 0 Å². The van der Waals surface area contributed by atoms with Crippen LogP contribution in [0, 0.1) is 0 Å². The quantitative estimate of drug-likeness (QED) is 0.764. The molecule has 1 atom stereocenters. The van der Waals surface area contributed by atoms with Crippen LogP contribution in [-0.4, -0.2) is 64.0 Å². The van der Waals surface area contributed by atoms with Gasteiger partial charge in [-0.25, -0.2) is 4.79 Å². The Morgan fingerprint density at radius 1 is 1.17 bits per heavy atom. The molecule has 1 fully saturated rings. The van der Waals surface area contributed by atoms with Crippen molar-refractivity contribution in [2.24, 2.45) is 0 Å². The zero-order chi connectivity index (χ0) is 17.3. The van der Waals surface area contributed by atoms with Crippen molar-refractivity contribution in [2.45, 2.75) is 18.9 Å². The van der Waals surface area contributed by atoms with Crippen LogP contribution >= 0.6 is 0 Å². The lowest BCUT2D eigenvalue weighted by Crippen LogP contribution is -2.47. The Labute approximate surface area is 140 Å². The fourth-order valence-corrected chi connectivity index (χ4v) is 3.96. The minimum Gasteiger partial charge on any atom is -0.244 e. The van der Waals surface area contributed by atoms with Crippen molar-refractivity contribution in [3.63, 3.8) is 0 Å². The molecule has 1 saturated heterocycles. The molecule has 10 heteroatoms. The third-order valence-corrected chi connectivity index (χ3v) is 6.00. The van der Waals surface area contributed by atoms with E-state index in [1.165, 1.54) is 32.1 Å². The number of para-hydroxylation sites is 1. The first-order valence-corrected chi connectivity index (χ1v) is 9.08. The molecule has 3 rings (SSSR count). The summed E-state index contributed by atoms with van der Waals surface area (Å²) < 4.78 is 29.7. The van der Waals surface area contributed by atoms with Crippen molar-refractivity contribution in [1.29, 1.82) is 0 Å². The van der Waals surface area contributed by atoms with Gasteiger partial charge in [-0.3, -0.25) is 0 Å². The number of nitrogens with zero attached hydrogens (tertiary/aromatic N) is 6. The highest BCUT2D eigenvalue weighted by atomic mass is 32.2. The molecule has 9 nitrogen and oxygen atoms in total. The number of rotatable bonds is 4. The van der Waals surface area contributed by atoms with E-state index in [0.717, 1.165) is 0 Å². The maximum absolute atomic E-state index is 12.6. The molecule has 0 bridgehead atoms. The van der Waals surface area contributed by atoms with Crippen LogP contribution in [0.3, 0.4) is 0 Å². The van der Waals surface area contributed by atoms with Crippen LogP contribution in [0.25, 0.3) is 5.69 Å². The van der Waals surface area contributed by atoms with Crippen LogP contribution < -0.4 is 5.69 Å². The number of piperidine rings is 1. The van der Waals surface area contributed by atoms with E-state index >= 15 is 0 Å². The Hall–Kier alpha value is -2.04. The van der Waals surface area contributed by atoms with Crippen LogP contribution in [0.15, 0.2) is 35.1 Å². The minimum atomic E-state index is -3.50. The lowest BCUT2D eigenvalue weighted by atomic mass is 10.1. The van der Waals surface area contributed by atoms with Gasteiger partial charge in [0.15, 0.2) is 0 Å². The maximum atomic E-state index is 12.6. The summed E-state index contributed by atoms with van der Waals surface area (Å²) in [6.07, 6.45) is 1.36. The predicted octanol–water partition coefficient (Wildman–Crippen LogP) is -0.128. The van der Waals surface area contributed by atoms with Gasteiger partial charge >= 0.3 is 5.69 Å². The number of tetrazole rings is 1. The van der Waals surface area contributed by atoms with E-state index in [4.69, 9.17) is 0 Å². The van der Waals surface area contributed by atoms with Crippen molar-refractivity contribution in [3.05, 3.63) is 40.8 Å². The molecule has 130 valence electrons. The third kappa shape index (κ3) is 2.99. The van der Waals surface area contributed by atoms with Gasteiger partial charge < -0.3 is 0 Å². The molecule has 0 saturated carbocycles. The fourth-order valence-electron chi connectivity index (χ4n) is 2.78. The fraction of sp³-hybridized carbons (Fsp3) is 0.500. The summed E-state index contributed by atoms with van der Waals surface area (Å²) in [5.41, 5.74) is 0.262. The first kappa shape index (κ1) is 16.8. The van der Waals surface area contributed by atoms with E-state index in [-0.39, 0.29) is 18.3 Å².